The number of carbonyl (C=O) groups is 2. The molecule has 2 aliphatic rings. The van der Waals surface area contributed by atoms with Gasteiger partial charge in [0.2, 0.25) is 0 Å². The molecular formula is C31H36N4O3. The molecule has 2 saturated heterocycles. The summed E-state index contributed by atoms with van der Waals surface area (Å²) in [6, 6.07) is 23.2. The highest BCUT2D eigenvalue weighted by Gasteiger charge is 2.53. The van der Waals surface area contributed by atoms with Crippen molar-refractivity contribution < 1.29 is 14.3 Å². The molecule has 2 aromatic carbocycles. The van der Waals surface area contributed by atoms with Gasteiger partial charge in [0.25, 0.3) is 5.91 Å². The Morgan fingerprint density at radius 3 is 2.16 bits per heavy atom. The number of carbonyl (C=O) groups excluding carboxylic acids is 2. The maximum absolute atomic E-state index is 13.8. The molecule has 1 unspecified atom stereocenters. The molecule has 0 aliphatic carbocycles. The third-order valence-electron chi connectivity index (χ3n) is 7.81. The van der Waals surface area contributed by atoms with Gasteiger partial charge >= 0.3 is 6.03 Å². The van der Waals surface area contributed by atoms with Gasteiger partial charge in [-0.2, -0.15) is 0 Å². The zero-order chi connectivity index (χ0) is 26.4. The number of benzene rings is 2. The molecule has 2 aliphatic heterocycles. The SMILES string of the molecule is CCCOC1(c2ccccc2)CCN(CCCN2C(=O)NC(c3ccccc3)(c3cccnc3)C2=O)CC1. The average molecular weight is 513 g/mol. The normalized spacial score (nSPS) is 21.4. The zero-order valence-electron chi connectivity index (χ0n) is 22.0. The first-order valence-electron chi connectivity index (χ1n) is 13.6. The third kappa shape index (κ3) is 4.96. The summed E-state index contributed by atoms with van der Waals surface area (Å²) >= 11 is 0. The van der Waals surface area contributed by atoms with Crippen molar-refractivity contribution in [3.63, 3.8) is 0 Å². The Bertz CT molecular complexity index is 1170. The summed E-state index contributed by atoms with van der Waals surface area (Å²) in [5, 5.41) is 3.00. The van der Waals surface area contributed by atoms with Crippen molar-refractivity contribution in [3.8, 4) is 0 Å². The Labute approximate surface area is 224 Å². The molecule has 2 fully saturated rings. The van der Waals surface area contributed by atoms with E-state index in [1.165, 1.54) is 10.5 Å². The molecule has 7 nitrogen and oxygen atoms in total. The van der Waals surface area contributed by atoms with Gasteiger partial charge in [-0.15, -0.1) is 0 Å². The first-order valence-corrected chi connectivity index (χ1v) is 13.6. The second-order valence-electron chi connectivity index (χ2n) is 10.1. The lowest BCUT2D eigenvalue weighted by Gasteiger charge is -2.42. The van der Waals surface area contributed by atoms with E-state index in [2.05, 4.69) is 46.4 Å². The molecule has 0 saturated carbocycles. The van der Waals surface area contributed by atoms with Crippen molar-refractivity contribution in [1.82, 2.24) is 20.1 Å². The highest BCUT2D eigenvalue weighted by Crippen LogP contribution is 2.38. The lowest BCUT2D eigenvalue weighted by atomic mass is 9.83. The van der Waals surface area contributed by atoms with Crippen molar-refractivity contribution >= 4 is 11.9 Å². The van der Waals surface area contributed by atoms with Crippen LogP contribution in [0.25, 0.3) is 0 Å². The van der Waals surface area contributed by atoms with Crippen LogP contribution in [0.2, 0.25) is 0 Å². The van der Waals surface area contributed by atoms with Crippen LogP contribution in [-0.2, 0) is 20.7 Å². The van der Waals surface area contributed by atoms with E-state index in [1.807, 2.05) is 42.5 Å². The largest absolute Gasteiger partial charge is 0.370 e. The Kier molecular flexibility index (Phi) is 7.86. The van der Waals surface area contributed by atoms with Crippen LogP contribution in [0.3, 0.4) is 0 Å². The number of ether oxygens (including phenoxy) is 1. The fourth-order valence-corrected chi connectivity index (χ4v) is 5.76. The van der Waals surface area contributed by atoms with Gasteiger partial charge in [-0.3, -0.25) is 14.7 Å². The Morgan fingerprint density at radius 2 is 1.53 bits per heavy atom. The summed E-state index contributed by atoms with van der Waals surface area (Å²) in [5.74, 6) is -0.253. The van der Waals surface area contributed by atoms with Crippen LogP contribution in [-0.4, -0.2) is 59.5 Å². The van der Waals surface area contributed by atoms with E-state index in [0.717, 1.165) is 51.1 Å². The van der Waals surface area contributed by atoms with Crippen molar-refractivity contribution in [2.45, 2.75) is 43.7 Å². The fourth-order valence-electron chi connectivity index (χ4n) is 5.76. The van der Waals surface area contributed by atoms with Gasteiger partial charge in [0.15, 0.2) is 5.54 Å². The number of hydrogen-bond donors (Lipinski definition) is 1. The van der Waals surface area contributed by atoms with Gasteiger partial charge in [-0.05, 0) is 49.4 Å². The van der Waals surface area contributed by atoms with Crippen LogP contribution in [0.5, 0.6) is 0 Å². The molecule has 3 aromatic rings. The highest BCUT2D eigenvalue weighted by molar-refractivity contribution is 6.09. The Hall–Kier alpha value is -3.55. The van der Waals surface area contributed by atoms with Crippen LogP contribution in [0.15, 0.2) is 85.2 Å². The predicted octanol–water partition coefficient (Wildman–Crippen LogP) is 4.69. The average Bonchev–Trinajstić information content (AvgIpc) is 3.24. The molecule has 0 spiro atoms. The predicted molar refractivity (Wildman–Crippen MR) is 146 cm³/mol. The van der Waals surface area contributed by atoms with Gasteiger partial charge in [-0.1, -0.05) is 73.7 Å². The quantitative estimate of drug-likeness (QED) is 0.399. The van der Waals surface area contributed by atoms with E-state index in [0.29, 0.717) is 18.5 Å². The van der Waals surface area contributed by atoms with E-state index >= 15 is 0 Å². The summed E-state index contributed by atoms with van der Waals surface area (Å²) in [6.45, 7) is 5.92. The monoisotopic (exact) mass is 512 g/mol. The van der Waals surface area contributed by atoms with Crippen LogP contribution >= 0.6 is 0 Å². The van der Waals surface area contributed by atoms with Crippen molar-refractivity contribution in [2.24, 2.45) is 0 Å². The second kappa shape index (κ2) is 11.5. The van der Waals surface area contributed by atoms with Crippen molar-refractivity contribution in [3.05, 3.63) is 102 Å². The summed E-state index contributed by atoms with van der Waals surface area (Å²) in [7, 11) is 0. The number of nitrogens with one attached hydrogen (secondary N) is 1. The van der Waals surface area contributed by atoms with Crippen molar-refractivity contribution in [2.75, 3.05) is 32.8 Å². The van der Waals surface area contributed by atoms with Gasteiger partial charge in [0.1, 0.15) is 0 Å². The number of nitrogens with zero attached hydrogens (tertiary/aromatic N) is 3. The smallest absolute Gasteiger partial charge is 0.325 e. The first kappa shape index (κ1) is 26.1. The summed E-state index contributed by atoms with van der Waals surface area (Å²) < 4.78 is 6.44. The van der Waals surface area contributed by atoms with Crippen LogP contribution in [0.1, 0.15) is 49.3 Å². The summed E-state index contributed by atoms with van der Waals surface area (Å²) in [4.78, 5) is 35.0. The topological polar surface area (TPSA) is 74.8 Å². The molecule has 3 heterocycles. The van der Waals surface area contributed by atoms with Crippen LogP contribution < -0.4 is 5.32 Å². The molecule has 5 rings (SSSR count). The maximum Gasteiger partial charge on any atom is 0.325 e. The molecule has 1 atom stereocenters. The molecule has 1 N–H and O–H groups in total. The van der Waals surface area contributed by atoms with E-state index in [4.69, 9.17) is 4.74 Å². The second-order valence-corrected chi connectivity index (χ2v) is 10.1. The minimum absolute atomic E-state index is 0.239. The van der Waals surface area contributed by atoms with Gasteiger partial charge in [0, 0.05) is 44.2 Å². The van der Waals surface area contributed by atoms with Gasteiger partial charge < -0.3 is 15.0 Å². The molecule has 3 amide bonds. The minimum Gasteiger partial charge on any atom is -0.370 e. The number of hydrogen-bond acceptors (Lipinski definition) is 5. The minimum atomic E-state index is -1.26. The molecular weight excluding hydrogens is 476 g/mol. The number of amides is 3. The standard InChI is InChI=1S/C31H36N4O3/c1-2-23-38-30(25-11-5-3-6-12-25)16-21-34(22-17-30)19-10-20-35-28(36)31(33-29(35)37,26-13-7-4-8-14-26)27-15-9-18-32-24-27/h3-9,11-15,18,24H,2,10,16-17,19-23H2,1H3,(H,33,37). The Morgan fingerprint density at radius 1 is 0.868 bits per heavy atom. The van der Waals surface area contributed by atoms with E-state index in [9.17, 15) is 9.59 Å². The fraction of sp³-hybridized carbons (Fsp3) is 0.387. The molecule has 1 aromatic heterocycles. The first-order chi connectivity index (χ1) is 18.6. The van der Waals surface area contributed by atoms with E-state index in [1.54, 1.807) is 18.5 Å². The van der Waals surface area contributed by atoms with Gasteiger partial charge in [-0.25, -0.2) is 4.79 Å². The van der Waals surface area contributed by atoms with Crippen molar-refractivity contribution in [1.29, 1.82) is 0 Å². The lowest BCUT2D eigenvalue weighted by molar-refractivity contribution is -0.130. The summed E-state index contributed by atoms with van der Waals surface area (Å²) in [6.07, 6.45) is 6.89. The lowest BCUT2D eigenvalue weighted by Crippen LogP contribution is -2.46. The number of likely N-dealkylation sites (tertiary alicyclic amines) is 1. The molecule has 38 heavy (non-hydrogen) atoms. The molecule has 0 bridgehead atoms. The molecule has 0 radical (unpaired) electrons. The molecule has 7 heteroatoms. The van der Waals surface area contributed by atoms with E-state index < -0.39 is 5.54 Å². The van der Waals surface area contributed by atoms with Crippen LogP contribution in [0.4, 0.5) is 4.79 Å². The molecule has 198 valence electrons. The zero-order valence-corrected chi connectivity index (χ0v) is 22.0. The van der Waals surface area contributed by atoms with Gasteiger partial charge in [0.05, 0.1) is 5.60 Å². The Balaban J connectivity index is 1.24. The third-order valence-corrected chi connectivity index (χ3v) is 7.81. The number of aromatic nitrogens is 1. The summed E-state index contributed by atoms with van der Waals surface area (Å²) in [5.41, 5.74) is 1.14. The van der Waals surface area contributed by atoms with Crippen LogP contribution in [0, 0.1) is 0 Å². The number of piperidine rings is 1. The number of urea groups is 1. The number of imide groups is 1. The highest BCUT2D eigenvalue weighted by atomic mass is 16.5. The maximum atomic E-state index is 13.8. The van der Waals surface area contributed by atoms with E-state index in [-0.39, 0.29) is 17.5 Å². The number of rotatable bonds is 10. The number of pyridine rings is 1.